The summed E-state index contributed by atoms with van der Waals surface area (Å²) in [6.45, 7) is 9.52. The number of aromatic nitrogens is 4. The number of hydrogen-bond acceptors (Lipinski definition) is 8. The first-order valence-corrected chi connectivity index (χ1v) is 22.7. The van der Waals surface area contributed by atoms with Gasteiger partial charge in [-0.05, 0) is 105 Å². The number of rotatable bonds is 12. The molecule has 5 amide bonds. The van der Waals surface area contributed by atoms with Crippen LogP contribution >= 0.6 is 0 Å². The predicted molar refractivity (Wildman–Crippen MR) is 229 cm³/mol. The number of methoxy groups -OCH3 is 1. The van der Waals surface area contributed by atoms with E-state index in [0.717, 1.165) is 100.0 Å². The van der Waals surface area contributed by atoms with E-state index < -0.39 is 18.2 Å². The smallest absolute Gasteiger partial charge is 0.407 e. The van der Waals surface area contributed by atoms with Crippen molar-refractivity contribution in [2.24, 2.45) is 11.8 Å². The number of hydrogen-bond donors (Lipinski definition) is 5. The van der Waals surface area contributed by atoms with Crippen molar-refractivity contribution in [3.8, 4) is 11.3 Å². The zero-order chi connectivity index (χ0) is 43.1. The second-order valence-corrected chi connectivity index (χ2v) is 19.1. The Labute approximate surface area is 359 Å². The van der Waals surface area contributed by atoms with Crippen LogP contribution in [0.25, 0.3) is 11.3 Å². The molecule has 9 rings (SSSR count). The van der Waals surface area contributed by atoms with Crippen LogP contribution in [0.15, 0.2) is 36.7 Å². The molecule has 5 unspecified atom stereocenters. The van der Waals surface area contributed by atoms with E-state index in [-0.39, 0.29) is 65.2 Å². The van der Waals surface area contributed by atoms with Crippen molar-refractivity contribution >= 4 is 23.9 Å². The van der Waals surface area contributed by atoms with Crippen LogP contribution in [0.4, 0.5) is 9.59 Å². The maximum atomic E-state index is 14.0. The number of imidazole rings is 2. The largest absolute Gasteiger partial charge is 0.453 e. The summed E-state index contributed by atoms with van der Waals surface area (Å²) in [7, 11) is 1.31. The number of carbonyl (C=O) groups excluding carboxylic acids is 4. The van der Waals surface area contributed by atoms with Crippen molar-refractivity contribution in [2.45, 2.75) is 146 Å². The van der Waals surface area contributed by atoms with Gasteiger partial charge in [-0.25, -0.2) is 19.6 Å². The minimum absolute atomic E-state index is 0.0484. The van der Waals surface area contributed by atoms with Gasteiger partial charge < -0.3 is 45.1 Å². The fraction of sp³-hybridized carbons (Fsp3) is 0.652. The lowest BCUT2D eigenvalue weighted by molar-refractivity contribution is -0.136. The number of H-pyrrole nitrogens is 2. The lowest BCUT2D eigenvalue weighted by atomic mass is 9.51. The zero-order valence-corrected chi connectivity index (χ0v) is 36.5. The lowest BCUT2D eigenvalue weighted by Crippen LogP contribution is -2.55. The fourth-order valence-corrected chi connectivity index (χ4v) is 11.2. The number of nitrogens with one attached hydrogen (secondary N) is 4. The van der Waals surface area contributed by atoms with Gasteiger partial charge in [0.25, 0.3) is 0 Å². The molecule has 5 N–H and O–H groups in total. The van der Waals surface area contributed by atoms with Gasteiger partial charge in [-0.3, -0.25) is 9.59 Å². The molecule has 2 aromatic heterocycles. The first-order chi connectivity index (χ1) is 29.4. The van der Waals surface area contributed by atoms with Crippen LogP contribution in [0.3, 0.4) is 0 Å². The highest BCUT2D eigenvalue weighted by atomic mass is 16.5. The van der Waals surface area contributed by atoms with E-state index >= 15 is 0 Å². The van der Waals surface area contributed by atoms with Gasteiger partial charge in [0.15, 0.2) is 0 Å². The van der Waals surface area contributed by atoms with E-state index in [4.69, 9.17) is 14.7 Å². The topological polar surface area (TPSA) is 189 Å². The number of fused-ring (bicyclic) bond motifs is 3. The monoisotopic (exact) mass is 840 g/mol. The average molecular weight is 840 g/mol. The Morgan fingerprint density at radius 3 is 1.84 bits per heavy atom. The Balaban J connectivity index is 0.897. The number of amides is 5. The Hall–Kier alpha value is -4.92. The minimum atomic E-state index is -0.668. The molecular formula is C46H65N9O6. The van der Waals surface area contributed by atoms with Crippen LogP contribution in [0.5, 0.6) is 0 Å². The number of aliphatic hydroxyl groups excluding tert-OH is 1. The fourth-order valence-electron chi connectivity index (χ4n) is 11.2. The molecule has 15 nitrogen and oxygen atoms in total. The van der Waals surface area contributed by atoms with E-state index in [1.807, 2.05) is 49.9 Å². The quantitative estimate of drug-likeness (QED) is 0.142. The van der Waals surface area contributed by atoms with Crippen LogP contribution < -0.4 is 10.6 Å². The lowest BCUT2D eigenvalue weighted by Gasteiger charge is -2.53. The van der Waals surface area contributed by atoms with Crippen molar-refractivity contribution in [3.05, 3.63) is 59.6 Å². The molecule has 3 aliphatic heterocycles. The van der Waals surface area contributed by atoms with Gasteiger partial charge in [-0.15, -0.1) is 0 Å². The number of carbonyl (C=O) groups is 4. The molecule has 6 fully saturated rings. The molecule has 5 atom stereocenters. The SMILES string of the molecule is COC(=O)NC(C(=O)N1CCCC1c1ncc(C23CCC(c4ccc(-c5cnc(C6CCCN6C(=O)C(NC(=O)N6CCCC6CO)C(C)C)[nH]5)cc4)(CC2)CC3)[nH]1)C(C)C. The number of benzene rings is 1. The van der Waals surface area contributed by atoms with Gasteiger partial charge in [-0.2, -0.15) is 0 Å². The number of urea groups is 1. The van der Waals surface area contributed by atoms with Gasteiger partial charge in [0.1, 0.15) is 23.7 Å². The normalized spacial score (nSPS) is 27.2. The van der Waals surface area contributed by atoms with Crippen LogP contribution in [0.2, 0.25) is 0 Å². The maximum absolute atomic E-state index is 14.0. The molecule has 6 aliphatic rings. The first kappa shape index (κ1) is 42.8. The number of aliphatic hydroxyl groups is 1. The summed E-state index contributed by atoms with van der Waals surface area (Å²) in [4.78, 5) is 75.3. The molecule has 3 saturated carbocycles. The molecule has 5 heterocycles. The third-order valence-electron chi connectivity index (χ3n) is 15.0. The summed E-state index contributed by atoms with van der Waals surface area (Å²) in [5, 5.41) is 15.5. The van der Waals surface area contributed by atoms with E-state index in [0.29, 0.717) is 19.6 Å². The first-order valence-electron chi connectivity index (χ1n) is 22.7. The Morgan fingerprint density at radius 2 is 1.26 bits per heavy atom. The highest BCUT2D eigenvalue weighted by molar-refractivity contribution is 5.88. The molecular weight excluding hydrogens is 775 g/mol. The van der Waals surface area contributed by atoms with Gasteiger partial charge in [0.2, 0.25) is 11.8 Å². The number of aromatic amines is 2. The summed E-state index contributed by atoms with van der Waals surface area (Å²) in [6.07, 6.45) is 14.8. The Kier molecular flexibility index (Phi) is 12.2. The maximum Gasteiger partial charge on any atom is 0.407 e. The summed E-state index contributed by atoms with van der Waals surface area (Å²) >= 11 is 0. The molecule has 1 aromatic carbocycles. The van der Waals surface area contributed by atoms with Crippen molar-refractivity contribution in [3.63, 3.8) is 0 Å². The molecule has 61 heavy (non-hydrogen) atoms. The van der Waals surface area contributed by atoms with Crippen molar-refractivity contribution in [2.75, 3.05) is 33.4 Å². The van der Waals surface area contributed by atoms with E-state index in [2.05, 4.69) is 44.9 Å². The minimum Gasteiger partial charge on any atom is -0.453 e. The van der Waals surface area contributed by atoms with Gasteiger partial charge in [0.05, 0.1) is 43.7 Å². The Bertz CT molecular complexity index is 2040. The molecule has 0 spiro atoms. The van der Waals surface area contributed by atoms with Crippen molar-refractivity contribution < 1.29 is 29.0 Å². The third-order valence-corrected chi connectivity index (χ3v) is 15.0. The standard InChI is InChI=1S/C46H65N9O6/c1-28(2)37(51-43(59)53-22-6-9-32(53)27-56)41(57)54-23-7-10-34(54)39-47-25-33(49-39)30-12-14-31(15-13-30)45-16-19-46(20-17-45,21-18-45)36-26-48-40(50-36)35-11-8-24-55(35)42(58)38(29(3)4)52-44(60)61-5/h12-15,25-26,28-29,32,34-35,37-38,56H,6-11,16-24,27H2,1-5H3,(H,47,49)(H,48,50)(H,51,59)(H,52,60). The number of alkyl carbamates (subject to hydrolysis) is 1. The van der Waals surface area contributed by atoms with Crippen molar-refractivity contribution in [1.82, 2.24) is 45.3 Å². The number of ether oxygens (including phenoxy) is 1. The second kappa shape index (κ2) is 17.5. The number of likely N-dealkylation sites (tertiary alicyclic amines) is 3. The number of nitrogens with zero attached hydrogens (tertiary/aromatic N) is 5. The highest BCUT2D eigenvalue weighted by Crippen LogP contribution is 2.58. The summed E-state index contributed by atoms with van der Waals surface area (Å²) in [5.41, 5.74) is 4.71. The van der Waals surface area contributed by atoms with Gasteiger partial charge in [0, 0.05) is 36.9 Å². The van der Waals surface area contributed by atoms with Crippen LogP contribution in [0.1, 0.15) is 140 Å². The third kappa shape index (κ3) is 8.14. The van der Waals surface area contributed by atoms with Crippen LogP contribution in [-0.4, -0.2) is 115 Å². The second-order valence-electron chi connectivity index (χ2n) is 19.1. The van der Waals surface area contributed by atoms with E-state index in [1.165, 1.54) is 18.4 Å². The van der Waals surface area contributed by atoms with E-state index in [9.17, 15) is 24.3 Å². The average Bonchev–Trinajstić information content (AvgIpc) is 4.13. The molecule has 2 bridgehead atoms. The zero-order valence-electron chi connectivity index (χ0n) is 36.5. The molecule has 3 saturated heterocycles. The summed E-state index contributed by atoms with van der Waals surface area (Å²) in [5.74, 6) is 1.22. The molecule has 330 valence electrons. The Morgan fingerprint density at radius 1 is 0.738 bits per heavy atom. The molecule has 0 radical (unpaired) electrons. The highest BCUT2D eigenvalue weighted by Gasteiger charge is 2.51. The van der Waals surface area contributed by atoms with Gasteiger partial charge in [-0.1, -0.05) is 52.0 Å². The van der Waals surface area contributed by atoms with Crippen molar-refractivity contribution in [1.29, 1.82) is 0 Å². The van der Waals surface area contributed by atoms with E-state index in [1.54, 1.807) is 4.90 Å². The van der Waals surface area contributed by atoms with Crippen LogP contribution in [-0.2, 0) is 25.2 Å². The molecule has 15 heteroatoms. The molecule has 3 aliphatic carbocycles. The van der Waals surface area contributed by atoms with Crippen LogP contribution in [0, 0.1) is 11.8 Å². The summed E-state index contributed by atoms with van der Waals surface area (Å²) in [6, 6.07) is 6.80. The summed E-state index contributed by atoms with van der Waals surface area (Å²) < 4.78 is 4.80. The van der Waals surface area contributed by atoms with Gasteiger partial charge >= 0.3 is 12.1 Å². The molecule has 3 aromatic rings. The predicted octanol–water partition coefficient (Wildman–Crippen LogP) is 6.24.